The maximum Gasteiger partial charge on any atom is 0.251 e. The van der Waals surface area contributed by atoms with E-state index in [2.05, 4.69) is 26.3 Å². The molecule has 0 spiro atoms. The molecule has 0 saturated carbocycles. The van der Waals surface area contributed by atoms with E-state index < -0.39 is 0 Å². The molecule has 1 N–H and O–H groups in total. The first-order chi connectivity index (χ1) is 9.08. The number of amides is 1. The average Bonchev–Trinajstić information content (AvgIpc) is 2.94. The van der Waals surface area contributed by atoms with E-state index in [1.165, 1.54) is 0 Å². The van der Waals surface area contributed by atoms with Crippen LogP contribution in [0.4, 0.5) is 5.82 Å². The second kappa shape index (κ2) is 6.49. The Bertz CT molecular complexity index is 455. The number of aromatic nitrogens is 2. The van der Waals surface area contributed by atoms with Crippen molar-refractivity contribution in [1.29, 1.82) is 0 Å². The summed E-state index contributed by atoms with van der Waals surface area (Å²) in [5, 5.41) is 6.97. The Kier molecular flexibility index (Phi) is 4.95. The van der Waals surface area contributed by atoms with Gasteiger partial charge < -0.3 is 14.8 Å². The Labute approximate surface area is 120 Å². The molecule has 1 aromatic rings. The van der Waals surface area contributed by atoms with E-state index in [0.29, 0.717) is 12.4 Å². The summed E-state index contributed by atoms with van der Waals surface area (Å²) in [4.78, 5) is 11.8. The number of nitrogens with zero attached hydrogens (tertiary/aromatic N) is 2. The molecular formula is C12H18BrN3O3. The molecule has 0 aromatic carbocycles. The molecule has 1 saturated heterocycles. The van der Waals surface area contributed by atoms with Crippen molar-refractivity contribution in [2.45, 2.75) is 25.9 Å². The predicted octanol–water partition coefficient (Wildman–Crippen LogP) is 1.63. The Morgan fingerprint density at radius 1 is 1.68 bits per heavy atom. The lowest BCUT2D eigenvalue weighted by Crippen LogP contribution is -2.23. The van der Waals surface area contributed by atoms with Gasteiger partial charge in [0.2, 0.25) is 0 Å². The molecule has 1 fully saturated rings. The lowest BCUT2D eigenvalue weighted by Gasteiger charge is -2.10. The van der Waals surface area contributed by atoms with E-state index in [1.807, 2.05) is 6.92 Å². The molecular weight excluding hydrogens is 314 g/mol. The van der Waals surface area contributed by atoms with Crippen LogP contribution in [0.25, 0.3) is 0 Å². The average molecular weight is 332 g/mol. The van der Waals surface area contributed by atoms with E-state index in [9.17, 15) is 4.79 Å². The van der Waals surface area contributed by atoms with Gasteiger partial charge in [0.1, 0.15) is 12.4 Å². The molecule has 1 aliphatic rings. The van der Waals surface area contributed by atoms with Crippen LogP contribution in [0.15, 0.2) is 4.47 Å². The molecule has 1 aliphatic heterocycles. The Morgan fingerprint density at radius 3 is 3.05 bits per heavy atom. The van der Waals surface area contributed by atoms with Crippen molar-refractivity contribution in [3.8, 4) is 0 Å². The highest BCUT2D eigenvalue weighted by atomic mass is 79.9. The summed E-state index contributed by atoms with van der Waals surface area (Å²) in [6.07, 6.45) is 2.22. The van der Waals surface area contributed by atoms with Gasteiger partial charge in [-0.05, 0) is 35.7 Å². The monoisotopic (exact) mass is 331 g/mol. The number of carbonyl (C=O) groups excluding carboxylic acids is 1. The minimum Gasteiger partial charge on any atom is -0.376 e. The molecule has 1 unspecified atom stereocenters. The van der Waals surface area contributed by atoms with Crippen LogP contribution in [0.2, 0.25) is 0 Å². The number of hydrogen-bond acceptors (Lipinski definition) is 4. The number of aryl methyl sites for hydroxylation is 2. The van der Waals surface area contributed by atoms with Gasteiger partial charge in [0.25, 0.3) is 5.91 Å². The van der Waals surface area contributed by atoms with Crippen LogP contribution in [-0.4, -0.2) is 41.6 Å². The normalized spacial score (nSPS) is 18.8. The van der Waals surface area contributed by atoms with Crippen molar-refractivity contribution in [2.75, 3.05) is 25.1 Å². The van der Waals surface area contributed by atoms with Crippen LogP contribution in [-0.2, 0) is 21.3 Å². The number of nitrogens with one attached hydrogen (secondary N) is 1. The number of hydrogen-bond donors (Lipinski definition) is 1. The standard InChI is InChI=1S/C12H18BrN3O3/c1-8-11(13)12(16(2)15-8)14-10(17)7-18-6-9-4-3-5-19-9/h9H,3-7H2,1-2H3,(H,14,17). The molecule has 7 heteroatoms. The lowest BCUT2D eigenvalue weighted by atomic mass is 10.2. The Balaban J connectivity index is 1.77. The third-order valence-corrected chi connectivity index (χ3v) is 3.92. The van der Waals surface area contributed by atoms with Crippen LogP contribution < -0.4 is 5.32 Å². The van der Waals surface area contributed by atoms with E-state index in [1.54, 1.807) is 11.7 Å². The Hall–Kier alpha value is -0.920. The molecule has 0 radical (unpaired) electrons. The van der Waals surface area contributed by atoms with E-state index >= 15 is 0 Å². The maximum atomic E-state index is 11.8. The van der Waals surface area contributed by atoms with Crippen molar-refractivity contribution >= 4 is 27.7 Å². The first-order valence-corrected chi connectivity index (χ1v) is 7.05. The number of ether oxygens (including phenoxy) is 2. The van der Waals surface area contributed by atoms with Crippen molar-refractivity contribution in [3.05, 3.63) is 10.2 Å². The third-order valence-electron chi connectivity index (χ3n) is 2.97. The van der Waals surface area contributed by atoms with Crippen molar-refractivity contribution in [2.24, 2.45) is 7.05 Å². The molecule has 19 heavy (non-hydrogen) atoms. The van der Waals surface area contributed by atoms with Gasteiger partial charge in [0.05, 0.1) is 22.9 Å². The quantitative estimate of drug-likeness (QED) is 0.890. The van der Waals surface area contributed by atoms with Crippen LogP contribution in [0.3, 0.4) is 0 Å². The smallest absolute Gasteiger partial charge is 0.251 e. The lowest BCUT2D eigenvalue weighted by molar-refractivity contribution is -0.121. The van der Waals surface area contributed by atoms with Crippen LogP contribution in [0.5, 0.6) is 0 Å². The van der Waals surface area contributed by atoms with Crippen LogP contribution in [0.1, 0.15) is 18.5 Å². The molecule has 0 aliphatic carbocycles. The second-order valence-corrected chi connectivity index (χ2v) is 5.36. The van der Waals surface area contributed by atoms with Gasteiger partial charge in [-0.3, -0.25) is 9.48 Å². The maximum absolute atomic E-state index is 11.8. The van der Waals surface area contributed by atoms with Gasteiger partial charge in [0, 0.05) is 13.7 Å². The topological polar surface area (TPSA) is 65.4 Å². The molecule has 106 valence electrons. The second-order valence-electron chi connectivity index (χ2n) is 4.57. The molecule has 1 amide bonds. The van der Waals surface area contributed by atoms with E-state index in [0.717, 1.165) is 29.6 Å². The first-order valence-electron chi connectivity index (χ1n) is 6.26. The molecule has 1 atom stereocenters. The summed E-state index contributed by atoms with van der Waals surface area (Å²) < 4.78 is 13.2. The minimum atomic E-state index is -0.193. The molecule has 0 bridgehead atoms. The first kappa shape index (κ1) is 14.5. The molecule has 1 aromatic heterocycles. The van der Waals surface area contributed by atoms with Gasteiger partial charge >= 0.3 is 0 Å². The van der Waals surface area contributed by atoms with Gasteiger partial charge in [-0.25, -0.2) is 0 Å². The highest BCUT2D eigenvalue weighted by Gasteiger charge is 2.17. The number of anilines is 1. The fourth-order valence-corrected chi connectivity index (χ4v) is 2.43. The van der Waals surface area contributed by atoms with Crippen molar-refractivity contribution in [1.82, 2.24) is 9.78 Å². The molecule has 2 rings (SSSR count). The summed E-state index contributed by atoms with van der Waals surface area (Å²) in [5.41, 5.74) is 0.832. The zero-order valence-electron chi connectivity index (χ0n) is 11.1. The minimum absolute atomic E-state index is 0.0243. The number of rotatable bonds is 5. The largest absolute Gasteiger partial charge is 0.376 e. The number of carbonyl (C=O) groups is 1. The zero-order valence-corrected chi connectivity index (χ0v) is 12.7. The van der Waals surface area contributed by atoms with Gasteiger partial charge in [0.15, 0.2) is 0 Å². The summed E-state index contributed by atoms with van der Waals surface area (Å²) in [6, 6.07) is 0. The molecule has 2 heterocycles. The molecule has 6 nitrogen and oxygen atoms in total. The van der Waals surface area contributed by atoms with Gasteiger partial charge in [-0.15, -0.1) is 0 Å². The fraction of sp³-hybridized carbons (Fsp3) is 0.667. The van der Waals surface area contributed by atoms with E-state index in [4.69, 9.17) is 9.47 Å². The van der Waals surface area contributed by atoms with Crippen molar-refractivity contribution < 1.29 is 14.3 Å². The van der Waals surface area contributed by atoms with Gasteiger partial charge in [-0.2, -0.15) is 5.10 Å². The Morgan fingerprint density at radius 2 is 2.47 bits per heavy atom. The van der Waals surface area contributed by atoms with E-state index in [-0.39, 0.29) is 18.6 Å². The summed E-state index contributed by atoms with van der Waals surface area (Å²) in [7, 11) is 1.78. The zero-order chi connectivity index (χ0) is 13.8. The highest BCUT2D eigenvalue weighted by molar-refractivity contribution is 9.10. The highest BCUT2D eigenvalue weighted by Crippen LogP contribution is 2.24. The summed E-state index contributed by atoms with van der Waals surface area (Å²) >= 11 is 3.39. The third kappa shape index (κ3) is 3.77. The summed E-state index contributed by atoms with van der Waals surface area (Å²) in [6.45, 7) is 3.16. The number of halogens is 1. The van der Waals surface area contributed by atoms with Crippen LogP contribution in [0, 0.1) is 6.92 Å². The van der Waals surface area contributed by atoms with Crippen LogP contribution >= 0.6 is 15.9 Å². The van der Waals surface area contributed by atoms with Gasteiger partial charge in [-0.1, -0.05) is 0 Å². The fourth-order valence-electron chi connectivity index (χ4n) is 2.00. The summed E-state index contributed by atoms with van der Waals surface area (Å²) in [5.74, 6) is 0.449. The van der Waals surface area contributed by atoms with Crippen molar-refractivity contribution in [3.63, 3.8) is 0 Å². The SMILES string of the molecule is Cc1nn(C)c(NC(=O)COCC2CCCO2)c1Br. The predicted molar refractivity (Wildman–Crippen MR) is 74.1 cm³/mol.